The minimum atomic E-state index is -0.988. The summed E-state index contributed by atoms with van der Waals surface area (Å²) in [6, 6.07) is 18.6. The number of rotatable bonds is 2. The van der Waals surface area contributed by atoms with Crippen LogP contribution in [0.25, 0.3) is 0 Å². The van der Waals surface area contributed by atoms with E-state index in [1.165, 1.54) is 30.3 Å². The fraction of sp³-hybridized carbons (Fsp3) is 0. The van der Waals surface area contributed by atoms with E-state index >= 15 is 0 Å². The number of phenolic OH excluding ortho intramolecular Hbond substituents is 2. The lowest BCUT2D eigenvalue weighted by atomic mass is 10.2. The maximum Gasteiger partial charge on any atom is 0.337 e. The number of carbonyl (C=O) groups is 2. The molecule has 0 aromatic heterocycles. The molecule has 0 heterocycles. The Morgan fingerprint density at radius 2 is 0.964 bits per heavy atom. The Kier molecular flexibility index (Phi) is 8.36. The van der Waals surface area contributed by atoms with E-state index in [2.05, 4.69) is 0 Å². The van der Waals surface area contributed by atoms with Crippen molar-refractivity contribution in [3.05, 3.63) is 83.9 Å². The van der Waals surface area contributed by atoms with Gasteiger partial charge in [-0.25, -0.2) is 9.59 Å². The summed E-state index contributed by atoms with van der Waals surface area (Å²) in [6.45, 7) is 0. The number of hydrogen-bond acceptors (Lipinski definition) is 6. The number of aromatic hydroxyl groups is 2. The molecule has 0 bridgehead atoms. The Morgan fingerprint density at radius 1 is 0.607 bits per heavy atom. The van der Waals surface area contributed by atoms with Crippen molar-refractivity contribution in [2.45, 2.75) is 0 Å². The van der Waals surface area contributed by atoms with E-state index in [1.807, 2.05) is 0 Å². The number of nitrogens with two attached hydrogens (primary N) is 2. The minimum absolute atomic E-state index is 0.0880. The second-order valence-corrected chi connectivity index (χ2v) is 5.30. The topological polar surface area (TPSA) is 167 Å². The number of para-hydroxylation sites is 2. The number of phenols is 2. The van der Waals surface area contributed by atoms with Gasteiger partial charge in [0, 0.05) is 17.4 Å². The zero-order valence-electron chi connectivity index (χ0n) is 14.7. The molecule has 0 saturated heterocycles. The van der Waals surface area contributed by atoms with Gasteiger partial charge in [-0.15, -0.1) is 0 Å². The van der Waals surface area contributed by atoms with Crippen molar-refractivity contribution < 1.29 is 30.0 Å². The van der Waals surface area contributed by atoms with Crippen molar-refractivity contribution in [1.82, 2.24) is 0 Å². The predicted octanol–water partition coefficient (Wildman–Crippen LogP) is 3.03. The van der Waals surface area contributed by atoms with Crippen molar-refractivity contribution in [1.29, 1.82) is 0 Å². The molecule has 8 heteroatoms. The average molecular weight is 384 g/mol. The maximum absolute atomic E-state index is 10.3. The number of hydrogen-bond donors (Lipinski definition) is 6. The highest BCUT2D eigenvalue weighted by Crippen LogP contribution is 2.15. The van der Waals surface area contributed by atoms with Crippen LogP contribution in [0.15, 0.2) is 72.8 Å². The Balaban J connectivity index is 0.000000212. The van der Waals surface area contributed by atoms with Crippen LogP contribution in [-0.2, 0) is 0 Å². The number of aromatic carboxylic acids is 2. The summed E-state index contributed by atoms with van der Waals surface area (Å²) in [4.78, 5) is 20.7. The smallest absolute Gasteiger partial charge is 0.337 e. The average Bonchev–Trinajstić information content (AvgIpc) is 2.63. The van der Waals surface area contributed by atoms with E-state index in [-0.39, 0.29) is 22.6 Å². The van der Waals surface area contributed by atoms with Crippen molar-refractivity contribution in [3.8, 4) is 11.5 Å². The van der Waals surface area contributed by atoms with Crippen LogP contribution in [0.4, 0.5) is 11.4 Å². The monoisotopic (exact) mass is 384 g/mol. The molecule has 0 radical (unpaired) electrons. The molecule has 0 fully saturated rings. The number of anilines is 2. The van der Waals surface area contributed by atoms with Crippen LogP contribution < -0.4 is 11.5 Å². The first-order valence-electron chi connectivity index (χ1n) is 7.86. The fourth-order valence-corrected chi connectivity index (χ4v) is 1.88. The molecule has 3 aromatic carbocycles. The number of carboxylic acids is 2. The first-order valence-corrected chi connectivity index (χ1v) is 7.86. The lowest BCUT2D eigenvalue weighted by Gasteiger charge is -1.96. The summed E-state index contributed by atoms with van der Waals surface area (Å²) in [5, 5.41) is 34.3. The van der Waals surface area contributed by atoms with Gasteiger partial charge in [0.1, 0.15) is 11.5 Å². The molecule has 0 aliphatic carbocycles. The molecule has 0 aliphatic heterocycles. The molecule has 0 spiro atoms. The van der Waals surface area contributed by atoms with Gasteiger partial charge in [-0.3, -0.25) is 0 Å². The van der Waals surface area contributed by atoms with Gasteiger partial charge in [-0.1, -0.05) is 30.3 Å². The Morgan fingerprint density at radius 3 is 1.18 bits per heavy atom. The van der Waals surface area contributed by atoms with E-state index < -0.39 is 11.9 Å². The Labute approximate surface area is 160 Å². The van der Waals surface area contributed by atoms with Gasteiger partial charge in [-0.05, 0) is 36.4 Å². The largest absolute Gasteiger partial charge is 0.508 e. The summed E-state index contributed by atoms with van der Waals surface area (Å²) >= 11 is 0. The molecule has 3 rings (SSSR count). The second-order valence-electron chi connectivity index (χ2n) is 5.30. The van der Waals surface area contributed by atoms with E-state index in [9.17, 15) is 9.59 Å². The second kappa shape index (κ2) is 10.7. The molecule has 146 valence electrons. The molecule has 8 N–H and O–H groups in total. The molecule has 0 saturated carbocycles. The molecular weight excluding hydrogens is 364 g/mol. The highest BCUT2D eigenvalue weighted by Gasteiger charge is 2.04. The summed E-state index contributed by atoms with van der Waals surface area (Å²) < 4.78 is 0. The van der Waals surface area contributed by atoms with Gasteiger partial charge in [-0.2, -0.15) is 0 Å². The lowest BCUT2D eigenvalue weighted by molar-refractivity contribution is 0.0687. The first-order chi connectivity index (χ1) is 13.2. The molecule has 0 aliphatic rings. The molecule has 0 unspecified atom stereocenters. The summed E-state index contributed by atoms with van der Waals surface area (Å²) in [6.07, 6.45) is 0. The zero-order valence-corrected chi connectivity index (χ0v) is 14.7. The third-order valence-electron chi connectivity index (χ3n) is 3.21. The summed E-state index contributed by atoms with van der Waals surface area (Å²) in [5.74, 6) is -1.80. The number of carboxylic acid groups (broad SMARTS) is 2. The summed E-state index contributed by atoms with van der Waals surface area (Å²) in [7, 11) is 0. The van der Waals surface area contributed by atoms with Crippen molar-refractivity contribution in [3.63, 3.8) is 0 Å². The van der Waals surface area contributed by atoms with Crippen molar-refractivity contribution in [2.75, 3.05) is 11.5 Å². The molecule has 3 aromatic rings. The van der Waals surface area contributed by atoms with Gasteiger partial charge in [0.2, 0.25) is 0 Å². The van der Waals surface area contributed by atoms with Crippen LogP contribution in [0.3, 0.4) is 0 Å². The van der Waals surface area contributed by atoms with E-state index in [4.69, 9.17) is 31.9 Å². The van der Waals surface area contributed by atoms with E-state index in [0.717, 1.165) is 0 Å². The van der Waals surface area contributed by atoms with Crippen LogP contribution in [0.1, 0.15) is 20.7 Å². The van der Waals surface area contributed by atoms with E-state index in [0.29, 0.717) is 11.4 Å². The summed E-state index contributed by atoms with van der Waals surface area (Å²) in [5.41, 5.74) is 11.6. The van der Waals surface area contributed by atoms with Gasteiger partial charge >= 0.3 is 11.9 Å². The number of benzene rings is 3. The molecular formula is C20H20N2O6. The Hall–Kier alpha value is -4.20. The van der Waals surface area contributed by atoms with Gasteiger partial charge in [0.25, 0.3) is 0 Å². The molecule has 8 nitrogen and oxygen atoms in total. The molecule has 0 atom stereocenters. The lowest BCUT2D eigenvalue weighted by Crippen LogP contribution is -2.00. The molecule has 28 heavy (non-hydrogen) atoms. The SMILES string of the molecule is Nc1ccccc1C(=O)O.Nc1ccccc1C(=O)O.Oc1cccc(O)c1. The highest BCUT2D eigenvalue weighted by atomic mass is 16.4. The van der Waals surface area contributed by atoms with Gasteiger partial charge in [0.05, 0.1) is 11.1 Å². The molecule has 0 amide bonds. The predicted molar refractivity (Wildman–Crippen MR) is 105 cm³/mol. The van der Waals surface area contributed by atoms with Crippen LogP contribution >= 0.6 is 0 Å². The first kappa shape index (κ1) is 21.8. The Bertz CT molecular complexity index is 870. The number of nitrogen functional groups attached to an aromatic ring is 2. The van der Waals surface area contributed by atoms with Gasteiger partial charge < -0.3 is 31.9 Å². The fourth-order valence-electron chi connectivity index (χ4n) is 1.88. The quantitative estimate of drug-likeness (QED) is 0.366. The highest BCUT2D eigenvalue weighted by molar-refractivity contribution is 5.93. The minimum Gasteiger partial charge on any atom is -0.508 e. The standard InChI is InChI=1S/2C7H7NO2.C6H6O2/c2*8-6-4-2-1-3-5(6)7(9)10;7-5-2-1-3-6(8)4-5/h2*1-4H,8H2,(H,9,10);1-4,7-8H. The van der Waals surface area contributed by atoms with Crippen LogP contribution in [0.2, 0.25) is 0 Å². The van der Waals surface area contributed by atoms with Crippen molar-refractivity contribution >= 4 is 23.3 Å². The van der Waals surface area contributed by atoms with Crippen LogP contribution in [-0.4, -0.2) is 32.4 Å². The third-order valence-corrected chi connectivity index (χ3v) is 3.21. The third kappa shape index (κ3) is 7.36. The van der Waals surface area contributed by atoms with Gasteiger partial charge in [0.15, 0.2) is 0 Å². The van der Waals surface area contributed by atoms with Crippen molar-refractivity contribution in [2.24, 2.45) is 0 Å². The van der Waals surface area contributed by atoms with E-state index in [1.54, 1.807) is 42.5 Å². The van der Waals surface area contributed by atoms with Crippen LogP contribution in [0.5, 0.6) is 11.5 Å². The maximum atomic E-state index is 10.3. The van der Waals surface area contributed by atoms with Crippen LogP contribution in [0, 0.1) is 0 Å². The normalized spacial score (nSPS) is 9.14. The zero-order chi connectivity index (χ0) is 21.1.